The van der Waals surface area contributed by atoms with Crippen LogP contribution in [0.15, 0.2) is 72.8 Å². The molecule has 1 saturated carbocycles. The van der Waals surface area contributed by atoms with Crippen LogP contribution < -0.4 is 10.2 Å². The van der Waals surface area contributed by atoms with Gasteiger partial charge in [-0.2, -0.15) is 0 Å². The monoisotopic (exact) mass is 497 g/mol. The van der Waals surface area contributed by atoms with Crippen LogP contribution in [0.2, 0.25) is 0 Å². The molecule has 8 heteroatoms. The fourth-order valence-electron chi connectivity index (χ4n) is 5.09. The average molecular weight is 498 g/mol. The minimum atomic E-state index is -0.925. The van der Waals surface area contributed by atoms with Gasteiger partial charge in [-0.25, -0.2) is 4.68 Å². The predicted molar refractivity (Wildman–Crippen MR) is 142 cm³/mol. The van der Waals surface area contributed by atoms with Gasteiger partial charge >= 0.3 is 0 Å². The summed E-state index contributed by atoms with van der Waals surface area (Å²) in [5.41, 5.74) is 3.57. The lowest BCUT2D eigenvalue weighted by atomic mass is 9.94. The van der Waals surface area contributed by atoms with Crippen molar-refractivity contribution in [2.24, 2.45) is 0 Å². The Morgan fingerprint density at radius 1 is 1.00 bits per heavy atom. The number of carbonyl (C=O) groups is 2. The van der Waals surface area contributed by atoms with Crippen molar-refractivity contribution in [3.8, 4) is 5.75 Å². The molecule has 2 N–H and O–H groups in total. The minimum Gasteiger partial charge on any atom is -0.508 e. The normalized spacial score (nSPS) is 14.8. The van der Waals surface area contributed by atoms with Crippen LogP contribution in [0.4, 0.5) is 5.69 Å². The number of benzene rings is 3. The smallest absolute Gasteiger partial charge is 0.249 e. The van der Waals surface area contributed by atoms with Crippen LogP contribution in [0.25, 0.3) is 11.0 Å². The van der Waals surface area contributed by atoms with Gasteiger partial charge in [0.15, 0.2) is 0 Å². The molecule has 1 atom stereocenters. The third-order valence-corrected chi connectivity index (χ3v) is 7.02. The summed E-state index contributed by atoms with van der Waals surface area (Å²) >= 11 is 0. The van der Waals surface area contributed by atoms with Gasteiger partial charge in [0.25, 0.3) is 0 Å². The van der Waals surface area contributed by atoms with Gasteiger partial charge in [0.05, 0.1) is 5.52 Å². The van der Waals surface area contributed by atoms with Gasteiger partial charge in [0, 0.05) is 11.7 Å². The first-order valence-electron chi connectivity index (χ1n) is 12.8. The van der Waals surface area contributed by atoms with Crippen molar-refractivity contribution in [2.75, 3.05) is 4.90 Å². The number of para-hydroxylation sites is 2. The molecular weight excluding hydrogens is 466 g/mol. The summed E-state index contributed by atoms with van der Waals surface area (Å²) in [6, 6.07) is 20.7. The van der Waals surface area contributed by atoms with E-state index in [4.69, 9.17) is 0 Å². The van der Waals surface area contributed by atoms with Gasteiger partial charge in [0.2, 0.25) is 11.8 Å². The molecule has 8 nitrogen and oxygen atoms in total. The summed E-state index contributed by atoms with van der Waals surface area (Å²) in [6.45, 7) is 1.84. The highest BCUT2D eigenvalue weighted by molar-refractivity contribution is 6.02. The Morgan fingerprint density at radius 2 is 1.70 bits per heavy atom. The van der Waals surface area contributed by atoms with E-state index in [2.05, 4.69) is 15.6 Å². The lowest BCUT2D eigenvalue weighted by Gasteiger charge is -2.34. The molecule has 0 spiro atoms. The summed E-state index contributed by atoms with van der Waals surface area (Å²) in [4.78, 5) is 29.6. The van der Waals surface area contributed by atoms with Crippen LogP contribution in [0.3, 0.4) is 0 Å². The number of carbonyl (C=O) groups excluding carboxylic acids is 2. The Hall–Kier alpha value is -4.20. The van der Waals surface area contributed by atoms with Gasteiger partial charge in [-0.3, -0.25) is 14.5 Å². The first-order valence-corrected chi connectivity index (χ1v) is 12.8. The lowest BCUT2D eigenvalue weighted by molar-refractivity contribution is -0.127. The number of rotatable bonds is 7. The molecule has 1 fully saturated rings. The topological polar surface area (TPSA) is 100 Å². The number of aromatic hydroxyl groups is 1. The molecular formula is C29H31N5O3. The number of aryl methyl sites for hydroxylation is 1. The van der Waals surface area contributed by atoms with Gasteiger partial charge in [0.1, 0.15) is 23.9 Å². The van der Waals surface area contributed by atoms with Gasteiger partial charge in [-0.1, -0.05) is 66.9 Å². The van der Waals surface area contributed by atoms with Crippen molar-refractivity contribution < 1.29 is 14.7 Å². The number of aromatic nitrogens is 3. The molecule has 3 aromatic carbocycles. The first-order chi connectivity index (χ1) is 18.0. The molecule has 190 valence electrons. The molecule has 0 radical (unpaired) electrons. The molecule has 0 saturated heterocycles. The SMILES string of the molecule is Cc1ccccc1N(C(=O)Cn1nnc2ccccc21)[C@@H](C(=O)NC1CCCCC1)c1ccc(O)cc1. The van der Waals surface area contributed by atoms with E-state index < -0.39 is 6.04 Å². The zero-order chi connectivity index (χ0) is 25.8. The van der Waals surface area contributed by atoms with Crippen LogP contribution in [-0.2, 0) is 16.1 Å². The highest BCUT2D eigenvalue weighted by Gasteiger charge is 2.35. The van der Waals surface area contributed by atoms with Crippen LogP contribution >= 0.6 is 0 Å². The van der Waals surface area contributed by atoms with E-state index in [9.17, 15) is 14.7 Å². The number of nitrogens with zero attached hydrogens (tertiary/aromatic N) is 4. The number of hydrogen-bond acceptors (Lipinski definition) is 5. The van der Waals surface area contributed by atoms with Crippen molar-refractivity contribution in [2.45, 2.75) is 57.7 Å². The second kappa shape index (κ2) is 10.8. The second-order valence-corrected chi connectivity index (χ2v) is 9.62. The maximum Gasteiger partial charge on any atom is 0.249 e. The Kier molecular flexibility index (Phi) is 7.16. The van der Waals surface area contributed by atoms with Crippen LogP contribution in [0, 0.1) is 6.92 Å². The van der Waals surface area contributed by atoms with E-state index >= 15 is 0 Å². The molecule has 0 aliphatic heterocycles. The van der Waals surface area contributed by atoms with Gasteiger partial charge in [-0.15, -0.1) is 5.10 Å². The van der Waals surface area contributed by atoms with Crippen molar-refractivity contribution in [3.63, 3.8) is 0 Å². The fourth-order valence-corrected chi connectivity index (χ4v) is 5.09. The van der Waals surface area contributed by atoms with Crippen LogP contribution in [-0.4, -0.2) is 38.0 Å². The van der Waals surface area contributed by atoms with E-state index in [0.717, 1.165) is 36.8 Å². The van der Waals surface area contributed by atoms with Crippen molar-refractivity contribution in [3.05, 3.63) is 83.9 Å². The van der Waals surface area contributed by atoms with E-state index in [1.165, 1.54) is 6.42 Å². The van der Waals surface area contributed by atoms with Crippen molar-refractivity contribution in [1.29, 1.82) is 0 Å². The first kappa shape index (κ1) is 24.5. The fraction of sp³-hybridized carbons (Fsp3) is 0.310. The molecule has 1 aliphatic carbocycles. The molecule has 4 aromatic rings. The number of phenols is 1. The third kappa shape index (κ3) is 5.33. The quantitative estimate of drug-likeness (QED) is 0.387. The summed E-state index contributed by atoms with van der Waals surface area (Å²) in [7, 11) is 0. The Bertz CT molecular complexity index is 1390. The van der Waals surface area contributed by atoms with E-state index in [1.54, 1.807) is 33.8 Å². The molecule has 0 unspecified atom stereocenters. The van der Waals surface area contributed by atoms with E-state index in [1.807, 2.05) is 55.5 Å². The van der Waals surface area contributed by atoms with E-state index in [-0.39, 0.29) is 30.2 Å². The summed E-state index contributed by atoms with van der Waals surface area (Å²) in [5, 5.41) is 21.5. The highest BCUT2D eigenvalue weighted by atomic mass is 16.3. The largest absolute Gasteiger partial charge is 0.508 e. The molecule has 1 heterocycles. The number of anilines is 1. The summed E-state index contributed by atoms with van der Waals surface area (Å²) in [6.07, 6.45) is 5.19. The molecule has 37 heavy (non-hydrogen) atoms. The second-order valence-electron chi connectivity index (χ2n) is 9.62. The summed E-state index contributed by atoms with van der Waals surface area (Å²) in [5.74, 6) is -0.433. The molecule has 5 rings (SSSR count). The molecule has 1 aromatic heterocycles. The zero-order valence-electron chi connectivity index (χ0n) is 20.9. The molecule has 1 aliphatic rings. The maximum atomic E-state index is 14.1. The zero-order valence-corrected chi connectivity index (χ0v) is 20.9. The van der Waals surface area contributed by atoms with Gasteiger partial charge < -0.3 is 10.4 Å². The summed E-state index contributed by atoms with van der Waals surface area (Å²) < 4.78 is 1.57. The Labute approximate surface area is 215 Å². The number of hydrogen-bond donors (Lipinski definition) is 2. The average Bonchev–Trinajstić information content (AvgIpc) is 3.31. The highest BCUT2D eigenvalue weighted by Crippen LogP contribution is 2.32. The van der Waals surface area contributed by atoms with Crippen molar-refractivity contribution >= 4 is 28.5 Å². The Balaban J connectivity index is 1.57. The van der Waals surface area contributed by atoms with Crippen molar-refractivity contribution in [1.82, 2.24) is 20.3 Å². The maximum absolute atomic E-state index is 14.1. The number of nitrogens with one attached hydrogen (secondary N) is 1. The third-order valence-electron chi connectivity index (χ3n) is 7.02. The van der Waals surface area contributed by atoms with Crippen LogP contribution in [0.5, 0.6) is 5.75 Å². The van der Waals surface area contributed by atoms with Crippen LogP contribution in [0.1, 0.15) is 49.3 Å². The number of amides is 2. The molecule has 0 bridgehead atoms. The van der Waals surface area contributed by atoms with Gasteiger partial charge in [-0.05, 0) is 61.2 Å². The lowest BCUT2D eigenvalue weighted by Crippen LogP contribution is -2.48. The minimum absolute atomic E-state index is 0.0777. The van der Waals surface area contributed by atoms with E-state index in [0.29, 0.717) is 16.8 Å². The Morgan fingerprint density at radius 3 is 2.46 bits per heavy atom. The number of phenolic OH excluding ortho intramolecular Hbond substituents is 1. The molecule has 2 amide bonds. The standard InChI is InChI=1S/C29H31N5O3/c1-20-9-5-7-13-25(20)34(27(36)19-33-26-14-8-6-12-24(26)31-32-33)28(21-15-17-23(35)18-16-21)29(37)30-22-10-3-2-4-11-22/h5-9,12-18,22,28,35H,2-4,10-11,19H2,1H3,(H,30,37)/t28-/m1/s1. The predicted octanol–water partition coefficient (Wildman–Crippen LogP) is 4.67. The number of fused-ring (bicyclic) bond motifs is 1.